The van der Waals surface area contributed by atoms with Crippen LogP contribution in [0.5, 0.6) is 0 Å². The molecule has 0 aliphatic heterocycles. The van der Waals surface area contributed by atoms with E-state index in [0.717, 1.165) is 31.1 Å². The zero-order valence-electron chi connectivity index (χ0n) is 13.0. The zero-order chi connectivity index (χ0) is 14.2. The second-order valence-corrected chi connectivity index (χ2v) is 6.03. The highest BCUT2D eigenvalue weighted by Crippen LogP contribution is 2.30. The fourth-order valence-corrected chi connectivity index (χ4v) is 3.06. The first-order valence-corrected chi connectivity index (χ1v) is 8.39. The Bertz CT molecular complexity index is 372. The van der Waals surface area contributed by atoms with Crippen molar-refractivity contribution in [2.75, 3.05) is 6.54 Å². The number of aromatic nitrogens is 2. The largest absolute Gasteiger partial charge is 0.339 e. The average Bonchev–Trinajstić information content (AvgIpc) is 2.94. The van der Waals surface area contributed by atoms with Crippen LogP contribution >= 0.6 is 0 Å². The molecule has 1 aromatic rings. The molecule has 1 unspecified atom stereocenters. The normalized spacial score (nSPS) is 18.3. The van der Waals surface area contributed by atoms with Crippen LogP contribution in [0, 0.1) is 0 Å². The van der Waals surface area contributed by atoms with E-state index in [-0.39, 0.29) is 0 Å². The molecule has 2 rings (SSSR count). The molecule has 1 atom stereocenters. The average molecular weight is 279 g/mol. The summed E-state index contributed by atoms with van der Waals surface area (Å²) < 4.78 is 5.47. The van der Waals surface area contributed by atoms with E-state index in [1.54, 1.807) is 0 Å². The Kier molecular flexibility index (Phi) is 6.51. The Morgan fingerprint density at radius 3 is 2.70 bits per heavy atom. The molecular weight excluding hydrogens is 250 g/mol. The first-order valence-electron chi connectivity index (χ1n) is 8.39. The molecule has 0 radical (unpaired) electrons. The van der Waals surface area contributed by atoms with Crippen molar-refractivity contribution in [1.29, 1.82) is 0 Å². The second-order valence-electron chi connectivity index (χ2n) is 6.03. The standard InChI is InChI=1S/C16H29N3O/c1-3-8-14(17-11-4-2)12-15-18-16(19-20-15)13-9-6-5-7-10-13/h13-14,17H,3-12H2,1-2H3. The number of nitrogens with zero attached hydrogens (tertiary/aromatic N) is 2. The molecule has 1 aromatic heterocycles. The Labute approximate surface area is 122 Å². The smallest absolute Gasteiger partial charge is 0.228 e. The molecule has 0 bridgehead atoms. The number of hydrogen-bond acceptors (Lipinski definition) is 4. The van der Waals surface area contributed by atoms with Gasteiger partial charge in [0, 0.05) is 18.4 Å². The molecule has 114 valence electrons. The highest BCUT2D eigenvalue weighted by atomic mass is 16.5. The zero-order valence-corrected chi connectivity index (χ0v) is 13.0. The molecule has 1 fully saturated rings. The maximum absolute atomic E-state index is 5.47. The monoisotopic (exact) mass is 279 g/mol. The molecule has 20 heavy (non-hydrogen) atoms. The van der Waals surface area contributed by atoms with Crippen LogP contribution in [0.1, 0.15) is 82.8 Å². The molecule has 0 aromatic carbocycles. The lowest BCUT2D eigenvalue weighted by Crippen LogP contribution is -2.31. The SMILES string of the molecule is CCCNC(CCC)Cc1nc(C2CCCCC2)no1. The summed E-state index contributed by atoms with van der Waals surface area (Å²) in [5, 5.41) is 7.80. The van der Waals surface area contributed by atoms with Gasteiger partial charge in [-0.15, -0.1) is 0 Å². The minimum atomic E-state index is 0.472. The Morgan fingerprint density at radius 1 is 1.20 bits per heavy atom. The van der Waals surface area contributed by atoms with Crippen molar-refractivity contribution in [3.05, 3.63) is 11.7 Å². The summed E-state index contributed by atoms with van der Waals surface area (Å²) >= 11 is 0. The Morgan fingerprint density at radius 2 is 2.00 bits per heavy atom. The van der Waals surface area contributed by atoms with Gasteiger partial charge in [-0.25, -0.2) is 0 Å². The van der Waals surface area contributed by atoms with Crippen molar-refractivity contribution >= 4 is 0 Å². The van der Waals surface area contributed by atoms with Crippen molar-refractivity contribution in [1.82, 2.24) is 15.5 Å². The molecule has 1 aliphatic carbocycles. The van der Waals surface area contributed by atoms with Crippen molar-refractivity contribution in [3.63, 3.8) is 0 Å². The predicted molar refractivity (Wildman–Crippen MR) is 80.8 cm³/mol. The third-order valence-electron chi connectivity index (χ3n) is 4.20. The lowest BCUT2D eigenvalue weighted by atomic mass is 9.89. The van der Waals surface area contributed by atoms with E-state index in [9.17, 15) is 0 Å². The van der Waals surface area contributed by atoms with Gasteiger partial charge >= 0.3 is 0 Å². The summed E-state index contributed by atoms with van der Waals surface area (Å²) in [6.07, 6.45) is 10.8. The van der Waals surface area contributed by atoms with Gasteiger partial charge in [0.15, 0.2) is 5.82 Å². The molecule has 1 aliphatic rings. The van der Waals surface area contributed by atoms with Gasteiger partial charge in [0.25, 0.3) is 0 Å². The number of nitrogens with one attached hydrogen (secondary N) is 1. The summed E-state index contributed by atoms with van der Waals surface area (Å²) in [5.74, 6) is 2.30. The molecule has 1 N–H and O–H groups in total. The first-order chi connectivity index (χ1) is 9.83. The van der Waals surface area contributed by atoms with E-state index in [4.69, 9.17) is 4.52 Å². The lowest BCUT2D eigenvalue weighted by molar-refractivity contribution is 0.339. The van der Waals surface area contributed by atoms with Crippen molar-refractivity contribution in [2.24, 2.45) is 0 Å². The van der Waals surface area contributed by atoms with Gasteiger partial charge < -0.3 is 9.84 Å². The van der Waals surface area contributed by atoms with E-state index < -0.39 is 0 Å². The van der Waals surface area contributed by atoms with Crippen LogP contribution in [-0.4, -0.2) is 22.7 Å². The maximum atomic E-state index is 5.47. The summed E-state index contributed by atoms with van der Waals surface area (Å²) in [6.45, 7) is 5.49. The fourth-order valence-electron chi connectivity index (χ4n) is 3.06. The minimum absolute atomic E-state index is 0.472. The van der Waals surface area contributed by atoms with E-state index in [1.807, 2.05) is 0 Å². The van der Waals surface area contributed by atoms with Gasteiger partial charge in [0.1, 0.15) is 0 Å². The van der Waals surface area contributed by atoms with Gasteiger partial charge in [0.05, 0.1) is 0 Å². The molecule has 0 amide bonds. The van der Waals surface area contributed by atoms with Crippen LogP contribution in [0.3, 0.4) is 0 Å². The van der Waals surface area contributed by atoms with Gasteiger partial charge in [0.2, 0.25) is 5.89 Å². The topological polar surface area (TPSA) is 51.0 Å². The summed E-state index contributed by atoms with van der Waals surface area (Å²) in [4.78, 5) is 4.65. The molecular formula is C16H29N3O. The second kappa shape index (κ2) is 8.40. The van der Waals surface area contributed by atoms with Gasteiger partial charge in [-0.3, -0.25) is 0 Å². The van der Waals surface area contributed by atoms with E-state index in [2.05, 4.69) is 29.3 Å². The molecule has 1 saturated carbocycles. The third kappa shape index (κ3) is 4.58. The summed E-state index contributed by atoms with van der Waals surface area (Å²) in [6, 6.07) is 0.472. The van der Waals surface area contributed by atoms with Crippen LogP contribution in [0.4, 0.5) is 0 Å². The quantitative estimate of drug-likeness (QED) is 0.785. The summed E-state index contributed by atoms with van der Waals surface area (Å²) in [7, 11) is 0. The van der Waals surface area contributed by atoms with Crippen molar-refractivity contribution < 1.29 is 4.52 Å². The van der Waals surface area contributed by atoms with Crippen molar-refractivity contribution in [3.8, 4) is 0 Å². The van der Waals surface area contributed by atoms with Crippen LogP contribution in [0.15, 0.2) is 4.52 Å². The predicted octanol–water partition coefficient (Wildman–Crippen LogP) is 3.83. The van der Waals surface area contributed by atoms with E-state index in [1.165, 1.54) is 44.9 Å². The third-order valence-corrected chi connectivity index (χ3v) is 4.20. The van der Waals surface area contributed by atoms with E-state index in [0.29, 0.717) is 12.0 Å². The highest BCUT2D eigenvalue weighted by Gasteiger charge is 2.21. The van der Waals surface area contributed by atoms with Crippen LogP contribution < -0.4 is 5.32 Å². The number of rotatable bonds is 8. The molecule has 0 spiro atoms. The van der Waals surface area contributed by atoms with Gasteiger partial charge in [-0.2, -0.15) is 4.98 Å². The lowest BCUT2D eigenvalue weighted by Gasteiger charge is -2.17. The van der Waals surface area contributed by atoms with Gasteiger partial charge in [-0.1, -0.05) is 44.7 Å². The molecule has 4 heteroatoms. The first kappa shape index (κ1) is 15.5. The molecule has 4 nitrogen and oxygen atoms in total. The maximum Gasteiger partial charge on any atom is 0.228 e. The van der Waals surface area contributed by atoms with Crippen LogP contribution in [0.2, 0.25) is 0 Å². The summed E-state index contributed by atoms with van der Waals surface area (Å²) in [5.41, 5.74) is 0. The van der Waals surface area contributed by atoms with Gasteiger partial charge in [-0.05, 0) is 32.2 Å². The Hall–Kier alpha value is -0.900. The van der Waals surface area contributed by atoms with Crippen molar-refractivity contribution in [2.45, 2.75) is 83.6 Å². The number of hydrogen-bond donors (Lipinski definition) is 1. The molecule has 1 heterocycles. The van der Waals surface area contributed by atoms with Crippen LogP contribution in [0.25, 0.3) is 0 Å². The Balaban J connectivity index is 1.89. The van der Waals surface area contributed by atoms with Crippen LogP contribution in [-0.2, 0) is 6.42 Å². The van der Waals surface area contributed by atoms with E-state index >= 15 is 0 Å². The minimum Gasteiger partial charge on any atom is -0.339 e. The molecule has 0 saturated heterocycles. The fraction of sp³-hybridized carbons (Fsp3) is 0.875. The highest BCUT2D eigenvalue weighted by molar-refractivity contribution is 4.98.